The van der Waals surface area contributed by atoms with Gasteiger partial charge in [-0.1, -0.05) is 0 Å². The van der Waals surface area contributed by atoms with Gasteiger partial charge in [0.15, 0.2) is 0 Å². The molecule has 2 aromatic rings. The van der Waals surface area contributed by atoms with Crippen molar-refractivity contribution in [2.24, 2.45) is 7.05 Å². The number of hydrogen-bond donors (Lipinski definition) is 1. The molecule has 0 aliphatic carbocycles. The van der Waals surface area contributed by atoms with E-state index in [0.717, 1.165) is 22.4 Å². The second-order valence-corrected chi connectivity index (χ2v) is 4.16. The smallest absolute Gasteiger partial charge is 0.121 e. The Morgan fingerprint density at radius 2 is 2.00 bits per heavy atom. The zero-order valence-corrected chi connectivity index (χ0v) is 10.2. The number of rotatable bonds is 1. The highest BCUT2D eigenvalue weighted by atomic mass is 15.3. The Bertz CT molecular complexity index is 598. The van der Waals surface area contributed by atoms with Crippen LogP contribution in [0.5, 0.6) is 0 Å². The van der Waals surface area contributed by atoms with Gasteiger partial charge in [0.05, 0.1) is 17.3 Å². The minimum Gasteiger partial charge on any atom is -0.384 e. The minimum atomic E-state index is 0.611. The van der Waals surface area contributed by atoms with Gasteiger partial charge in [-0.2, -0.15) is 10.4 Å². The second-order valence-electron chi connectivity index (χ2n) is 4.16. The van der Waals surface area contributed by atoms with Crippen LogP contribution in [0, 0.1) is 25.2 Å². The van der Waals surface area contributed by atoms with Gasteiger partial charge >= 0.3 is 0 Å². The molecule has 0 radical (unpaired) electrons. The molecule has 2 N–H and O–H groups in total. The standard InChI is InChI=1S/C13H14N4/c1-8-4-10(7-14)5-11(9(8)2)12-6-13(15)17(3)16-12/h4-6H,15H2,1-3H3. The first-order chi connectivity index (χ1) is 8.02. The first-order valence-corrected chi connectivity index (χ1v) is 5.34. The highest BCUT2D eigenvalue weighted by Gasteiger charge is 2.10. The predicted molar refractivity (Wildman–Crippen MR) is 67.2 cm³/mol. The zero-order valence-electron chi connectivity index (χ0n) is 10.2. The molecule has 0 aliphatic heterocycles. The Morgan fingerprint density at radius 1 is 1.29 bits per heavy atom. The summed E-state index contributed by atoms with van der Waals surface area (Å²) in [6, 6.07) is 7.71. The molecule has 0 aliphatic rings. The van der Waals surface area contributed by atoms with Crippen LogP contribution in [-0.4, -0.2) is 9.78 Å². The molecule has 0 unspecified atom stereocenters. The molecule has 0 fully saturated rings. The molecule has 0 spiro atoms. The summed E-state index contributed by atoms with van der Waals surface area (Å²) in [6.07, 6.45) is 0. The molecule has 4 heteroatoms. The van der Waals surface area contributed by atoms with Gasteiger partial charge in [0.2, 0.25) is 0 Å². The van der Waals surface area contributed by atoms with Crippen molar-refractivity contribution in [3.05, 3.63) is 34.9 Å². The third kappa shape index (κ3) is 1.87. The molecule has 0 atom stereocenters. The fourth-order valence-corrected chi connectivity index (χ4v) is 1.80. The van der Waals surface area contributed by atoms with E-state index in [2.05, 4.69) is 11.2 Å². The van der Waals surface area contributed by atoms with Crippen LogP contribution < -0.4 is 5.73 Å². The van der Waals surface area contributed by atoms with Gasteiger partial charge in [-0.3, -0.25) is 4.68 Å². The number of anilines is 1. The maximum atomic E-state index is 8.98. The van der Waals surface area contributed by atoms with Gasteiger partial charge in [0, 0.05) is 18.7 Å². The monoisotopic (exact) mass is 226 g/mol. The van der Waals surface area contributed by atoms with Crippen molar-refractivity contribution < 1.29 is 0 Å². The zero-order chi connectivity index (χ0) is 12.6. The number of aryl methyl sites for hydroxylation is 2. The van der Waals surface area contributed by atoms with E-state index in [4.69, 9.17) is 11.0 Å². The Balaban J connectivity index is 2.66. The fraction of sp³-hybridized carbons (Fsp3) is 0.231. The predicted octanol–water partition coefficient (Wildman–Crippen LogP) is 2.16. The third-order valence-electron chi connectivity index (χ3n) is 2.99. The largest absolute Gasteiger partial charge is 0.384 e. The van der Waals surface area contributed by atoms with Crippen molar-refractivity contribution in [2.45, 2.75) is 13.8 Å². The summed E-state index contributed by atoms with van der Waals surface area (Å²) >= 11 is 0. The molecule has 0 saturated heterocycles. The van der Waals surface area contributed by atoms with Crippen LogP contribution in [0.3, 0.4) is 0 Å². The lowest BCUT2D eigenvalue weighted by atomic mass is 9.98. The molecule has 1 aromatic heterocycles. The van der Waals surface area contributed by atoms with Gasteiger partial charge < -0.3 is 5.73 Å². The van der Waals surface area contributed by atoms with Crippen LogP contribution in [0.1, 0.15) is 16.7 Å². The van der Waals surface area contributed by atoms with Crippen molar-refractivity contribution in [1.82, 2.24) is 9.78 Å². The number of nitrogens with two attached hydrogens (primary N) is 1. The van der Waals surface area contributed by atoms with Crippen LogP contribution in [0.2, 0.25) is 0 Å². The number of hydrogen-bond acceptors (Lipinski definition) is 3. The van der Waals surface area contributed by atoms with Crippen LogP contribution in [0.25, 0.3) is 11.3 Å². The summed E-state index contributed by atoms with van der Waals surface area (Å²) in [7, 11) is 1.80. The lowest BCUT2D eigenvalue weighted by Crippen LogP contribution is -1.97. The number of nitrogens with zero attached hydrogens (tertiary/aromatic N) is 3. The summed E-state index contributed by atoms with van der Waals surface area (Å²) in [5.74, 6) is 0.611. The molecule has 0 saturated carbocycles. The molecule has 0 bridgehead atoms. The average Bonchev–Trinajstić information content (AvgIpc) is 2.62. The molecular formula is C13H14N4. The van der Waals surface area contributed by atoms with Crippen molar-refractivity contribution >= 4 is 5.82 Å². The number of nitrogen functional groups attached to an aromatic ring is 1. The minimum absolute atomic E-state index is 0.611. The van der Waals surface area contributed by atoms with E-state index < -0.39 is 0 Å². The summed E-state index contributed by atoms with van der Waals surface area (Å²) in [5.41, 5.74) is 10.4. The maximum Gasteiger partial charge on any atom is 0.121 e. The van der Waals surface area contributed by atoms with E-state index >= 15 is 0 Å². The number of nitriles is 1. The van der Waals surface area contributed by atoms with Crippen molar-refractivity contribution in [3.63, 3.8) is 0 Å². The molecule has 17 heavy (non-hydrogen) atoms. The summed E-state index contributed by atoms with van der Waals surface area (Å²) in [4.78, 5) is 0. The van der Waals surface area contributed by atoms with E-state index in [9.17, 15) is 0 Å². The summed E-state index contributed by atoms with van der Waals surface area (Å²) in [5, 5.41) is 13.3. The molecule has 1 heterocycles. The highest BCUT2D eigenvalue weighted by Crippen LogP contribution is 2.27. The lowest BCUT2D eigenvalue weighted by Gasteiger charge is -2.06. The van der Waals surface area contributed by atoms with E-state index in [1.54, 1.807) is 11.7 Å². The van der Waals surface area contributed by atoms with Gasteiger partial charge in [0.25, 0.3) is 0 Å². The van der Waals surface area contributed by atoms with Gasteiger partial charge in [-0.25, -0.2) is 0 Å². The van der Waals surface area contributed by atoms with Crippen molar-refractivity contribution in [1.29, 1.82) is 5.26 Å². The molecular weight excluding hydrogens is 212 g/mol. The third-order valence-corrected chi connectivity index (χ3v) is 2.99. The van der Waals surface area contributed by atoms with Crippen LogP contribution in [0.4, 0.5) is 5.82 Å². The van der Waals surface area contributed by atoms with E-state index in [0.29, 0.717) is 11.4 Å². The van der Waals surface area contributed by atoms with Gasteiger partial charge in [0.1, 0.15) is 5.82 Å². The molecule has 0 amide bonds. The van der Waals surface area contributed by atoms with Crippen LogP contribution in [-0.2, 0) is 7.05 Å². The van der Waals surface area contributed by atoms with Gasteiger partial charge in [-0.05, 0) is 37.1 Å². The first-order valence-electron chi connectivity index (χ1n) is 5.34. The Kier molecular flexibility index (Phi) is 2.60. The normalized spacial score (nSPS) is 10.2. The number of benzene rings is 1. The SMILES string of the molecule is Cc1cc(C#N)cc(-c2cc(N)n(C)n2)c1C. The first kappa shape index (κ1) is 11.2. The van der Waals surface area contributed by atoms with E-state index in [1.807, 2.05) is 32.0 Å². The molecule has 2 rings (SSSR count). The van der Waals surface area contributed by atoms with Crippen LogP contribution in [0.15, 0.2) is 18.2 Å². The highest BCUT2D eigenvalue weighted by molar-refractivity contribution is 5.69. The van der Waals surface area contributed by atoms with Crippen molar-refractivity contribution in [3.8, 4) is 17.3 Å². The van der Waals surface area contributed by atoms with Crippen molar-refractivity contribution in [2.75, 3.05) is 5.73 Å². The van der Waals surface area contributed by atoms with Crippen LogP contribution >= 0.6 is 0 Å². The summed E-state index contributed by atoms with van der Waals surface area (Å²) < 4.78 is 1.63. The molecule has 4 nitrogen and oxygen atoms in total. The fourth-order valence-electron chi connectivity index (χ4n) is 1.80. The average molecular weight is 226 g/mol. The Labute approximate surface area is 100 Å². The molecule has 1 aromatic carbocycles. The maximum absolute atomic E-state index is 8.98. The second kappa shape index (κ2) is 3.95. The lowest BCUT2D eigenvalue weighted by molar-refractivity contribution is 0.782. The van der Waals surface area contributed by atoms with E-state index in [-0.39, 0.29) is 0 Å². The summed E-state index contributed by atoms with van der Waals surface area (Å²) in [6.45, 7) is 4.02. The topological polar surface area (TPSA) is 67.6 Å². The van der Waals surface area contributed by atoms with Gasteiger partial charge in [-0.15, -0.1) is 0 Å². The van der Waals surface area contributed by atoms with E-state index in [1.165, 1.54) is 0 Å². The Morgan fingerprint density at radius 3 is 2.53 bits per heavy atom. The number of aromatic nitrogens is 2. The Hall–Kier alpha value is -2.28. The quantitative estimate of drug-likeness (QED) is 0.810. The molecule has 86 valence electrons.